The van der Waals surface area contributed by atoms with E-state index in [9.17, 15) is 0 Å². The van der Waals surface area contributed by atoms with Gasteiger partial charge in [-0.3, -0.25) is 0 Å². The number of rotatable bonds is 3. The molecule has 2 heterocycles. The number of halogens is 1. The molecular weight excluding hydrogens is 352 g/mol. The summed E-state index contributed by atoms with van der Waals surface area (Å²) < 4.78 is 1.02. The lowest BCUT2D eigenvalue weighted by Crippen LogP contribution is -2.09. The van der Waals surface area contributed by atoms with Gasteiger partial charge in [-0.2, -0.15) is 0 Å². The molecule has 0 bridgehead atoms. The minimum atomic E-state index is 0.690. The van der Waals surface area contributed by atoms with Crippen LogP contribution in [-0.2, 0) is 0 Å². The first-order chi connectivity index (χ1) is 11.0. The van der Waals surface area contributed by atoms with Gasteiger partial charge in [0.2, 0.25) is 0 Å². The SMILES string of the molecule is Cc1ccnc(C=Cc2ccc3c(N(C)C)cc(Br)cc3n2)n1. The van der Waals surface area contributed by atoms with Crippen molar-refractivity contribution < 1.29 is 0 Å². The van der Waals surface area contributed by atoms with Crippen molar-refractivity contribution in [1.29, 1.82) is 0 Å². The number of anilines is 1. The van der Waals surface area contributed by atoms with E-state index in [-0.39, 0.29) is 0 Å². The van der Waals surface area contributed by atoms with Crippen molar-refractivity contribution in [3.05, 3.63) is 58.2 Å². The molecular formula is C18H17BrN4. The van der Waals surface area contributed by atoms with E-state index in [2.05, 4.69) is 42.9 Å². The van der Waals surface area contributed by atoms with Crippen LogP contribution in [0.4, 0.5) is 5.69 Å². The second-order valence-electron chi connectivity index (χ2n) is 5.51. The van der Waals surface area contributed by atoms with Crippen LogP contribution in [0, 0.1) is 6.92 Å². The molecule has 1 aromatic carbocycles. The Bertz CT molecular complexity index is 887. The maximum atomic E-state index is 4.72. The van der Waals surface area contributed by atoms with Crippen LogP contribution in [-0.4, -0.2) is 29.0 Å². The summed E-state index contributed by atoms with van der Waals surface area (Å²) in [5, 5.41) is 1.13. The Labute approximate surface area is 144 Å². The summed E-state index contributed by atoms with van der Waals surface area (Å²) in [6.45, 7) is 1.95. The predicted octanol–water partition coefficient (Wildman–Crippen LogP) is 4.33. The fourth-order valence-corrected chi connectivity index (χ4v) is 2.80. The van der Waals surface area contributed by atoms with Gasteiger partial charge in [0.15, 0.2) is 5.82 Å². The molecule has 0 radical (unpaired) electrons. The third-order valence-electron chi connectivity index (χ3n) is 3.47. The lowest BCUT2D eigenvalue weighted by molar-refractivity contribution is 1.08. The van der Waals surface area contributed by atoms with Crippen LogP contribution >= 0.6 is 15.9 Å². The second-order valence-corrected chi connectivity index (χ2v) is 6.43. The largest absolute Gasteiger partial charge is 0.377 e. The Hall–Kier alpha value is -2.27. The molecule has 3 aromatic rings. The van der Waals surface area contributed by atoms with E-state index in [1.807, 2.05) is 51.4 Å². The van der Waals surface area contributed by atoms with Crippen LogP contribution in [0.3, 0.4) is 0 Å². The zero-order chi connectivity index (χ0) is 16.4. The van der Waals surface area contributed by atoms with Crippen LogP contribution in [0.5, 0.6) is 0 Å². The van der Waals surface area contributed by atoms with Gasteiger partial charge in [0, 0.05) is 41.5 Å². The molecule has 4 nitrogen and oxygen atoms in total. The van der Waals surface area contributed by atoms with Gasteiger partial charge in [-0.05, 0) is 49.4 Å². The van der Waals surface area contributed by atoms with Gasteiger partial charge >= 0.3 is 0 Å². The summed E-state index contributed by atoms with van der Waals surface area (Å²) in [6, 6.07) is 10.1. The van der Waals surface area contributed by atoms with Crippen LogP contribution in [0.15, 0.2) is 41.0 Å². The summed E-state index contributed by atoms with van der Waals surface area (Å²) in [5.41, 5.74) is 3.92. The molecule has 5 heteroatoms. The molecule has 0 aliphatic carbocycles. The molecule has 0 aliphatic rings. The summed E-state index contributed by atoms with van der Waals surface area (Å²) in [5.74, 6) is 0.690. The van der Waals surface area contributed by atoms with Gasteiger partial charge in [-0.25, -0.2) is 15.0 Å². The summed E-state index contributed by atoms with van der Waals surface area (Å²) >= 11 is 3.56. The molecule has 23 heavy (non-hydrogen) atoms. The van der Waals surface area contributed by atoms with Crippen LogP contribution in [0.2, 0.25) is 0 Å². The summed E-state index contributed by atoms with van der Waals surface area (Å²) in [6.07, 6.45) is 5.58. The minimum absolute atomic E-state index is 0.690. The Morgan fingerprint density at radius 1 is 1.04 bits per heavy atom. The van der Waals surface area contributed by atoms with Crippen LogP contribution < -0.4 is 4.90 Å². The van der Waals surface area contributed by atoms with E-state index in [0.717, 1.165) is 32.5 Å². The fourth-order valence-electron chi connectivity index (χ4n) is 2.37. The number of hydrogen-bond acceptors (Lipinski definition) is 4. The van der Waals surface area contributed by atoms with Crippen molar-refractivity contribution in [1.82, 2.24) is 15.0 Å². The van der Waals surface area contributed by atoms with Gasteiger partial charge in [0.25, 0.3) is 0 Å². The molecule has 0 N–H and O–H groups in total. The molecule has 0 unspecified atom stereocenters. The summed E-state index contributed by atoms with van der Waals surface area (Å²) in [4.78, 5) is 15.4. The molecule has 0 amide bonds. The van der Waals surface area contributed by atoms with Crippen molar-refractivity contribution in [3.8, 4) is 0 Å². The molecule has 0 atom stereocenters. The number of aromatic nitrogens is 3. The molecule has 0 fully saturated rings. The smallest absolute Gasteiger partial charge is 0.152 e. The van der Waals surface area contributed by atoms with Gasteiger partial charge < -0.3 is 4.90 Å². The van der Waals surface area contributed by atoms with Gasteiger partial charge in [0.05, 0.1) is 11.2 Å². The number of benzene rings is 1. The molecule has 3 rings (SSSR count). The third-order valence-corrected chi connectivity index (χ3v) is 3.93. The first-order valence-corrected chi connectivity index (χ1v) is 8.07. The average molecular weight is 369 g/mol. The molecule has 0 aliphatic heterocycles. The number of fused-ring (bicyclic) bond motifs is 1. The number of hydrogen-bond donors (Lipinski definition) is 0. The normalized spacial score (nSPS) is 11.3. The highest BCUT2D eigenvalue weighted by atomic mass is 79.9. The Morgan fingerprint density at radius 2 is 1.87 bits per heavy atom. The van der Waals surface area contributed by atoms with E-state index in [4.69, 9.17) is 4.98 Å². The quantitative estimate of drug-likeness (QED) is 0.689. The zero-order valence-corrected chi connectivity index (χ0v) is 14.9. The van der Waals surface area contributed by atoms with E-state index in [1.165, 1.54) is 0 Å². The number of pyridine rings is 1. The van der Waals surface area contributed by atoms with Crippen molar-refractivity contribution >= 4 is 44.7 Å². The maximum Gasteiger partial charge on any atom is 0.152 e. The molecule has 0 saturated heterocycles. The molecule has 116 valence electrons. The number of nitrogens with zero attached hydrogens (tertiary/aromatic N) is 4. The topological polar surface area (TPSA) is 41.9 Å². The average Bonchev–Trinajstić information content (AvgIpc) is 2.51. The van der Waals surface area contributed by atoms with E-state index in [0.29, 0.717) is 5.82 Å². The lowest BCUT2D eigenvalue weighted by atomic mass is 10.1. The van der Waals surface area contributed by atoms with Gasteiger partial charge in [-0.1, -0.05) is 15.9 Å². The molecule has 0 saturated carbocycles. The molecule has 2 aromatic heterocycles. The van der Waals surface area contributed by atoms with Crippen LogP contribution in [0.25, 0.3) is 23.1 Å². The lowest BCUT2D eigenvalue weighted by Gasteiger charge is -2.16. The Balaban J connectivity index is 2.00. The van der Waals surface area contributed by atoms with E-state index >= 15 is 0 Å². The van der Waals surface area contributed by atoms with E-state index < -0.39 is 0 Å². The second kappa shape index (κ2) is 6.46. The van der Waals surface area contributed by atoms with Gasteiger partial charge in [-0.15, -0.1) is 0 Å². The fraction of sp³-hybridized carbons (Fsp3) is 0.167. The monoisotopic (exact) mass is 368 g/mol. The number of aryl methyl sites for hydroxylation is 1. The van der Waals surface area contributed by atoms with Crippen molar-refractivity contribution in [2.75, 3.05) is 19.0 Å². The van der Waals surface area contributed by atoms with Crippen LogP contribution in [0.1, 0.15) is 17.2 Å². The highest BCUT2D eigenvalue weighted by Gasteiger charge is 2.06. The van der Waals surface area contributed by atoms with Gasteiger partial charge in [0.1, 0.15) is 0 Å². The Kier molecular flexibility index (Phi) is 4.39. The predicted molar refractivity (Wildman–Crippen MR) is 99.5 cm³/mol. The van der Waals surface area contributed by atoms with Crippen molar-refractivity contribution in [2.45, 2.75) is 6.92 Å². The maximum absolute atomic E-state index is 4.72. The highest BCUT2D eigenvalue weighted by molar-refractivity contribution is 9.10. The molecule has 0 spiro atoms. The zero-order valence-electron chi connectivity index (χ0n) is 13.3. The standard InChI is InChI=1S/C18H17BrN4/c1-12-8-9-20-18(21-12)7-5-14-4-6-15-16(22-14)10-13(19)11-17(15)23(2)3/h4-11H,1-3H3. The summed E-state index contributed by atoms with van der Waals surface area (Å²) in [7, 11) is 4.06. The Morgan fingerprint density at radius 3 is 2.61 bits per heavy atom. The van der Waals surface area contributed by atoms with Crippen molar-refractivity contribution in [3.63, 3.8) is 0 Å². The first kappa shape index (κ1) is 15.6. The minimum Gasteiger partial charge on any atom is -0.377 e. The first-order valence-electron chi connectivity index (χ1n) is 7.28. The highest BCUT2D eigenvalue weighted by Crippen LogP contribution is 2.29. The van der Waals surface area contributed by atoms with E-state index in [1.54, 1.807) is 6.20 Å². The van der Waals surface area contributed by atoms with Crippen molar-refractivity contribution in [2.24, 2.45) is 0 Å². The third kappa shape index (κ3) is 3.56.